The number of phenols is 1. The molecule has 0 aromatic heterocycles. The summed E-state index contributed by atoms with van der Waals surface area (Å²) in [5.41, 5.74) is 1.64. The van der Waals surface area contributed by atoms with Crippen LogP contribution in [0, 0.1) is 18.8 Å². The minimum atomic E-state index is -0.635. The first-order valence-electron chi connectivity index (χ1n) is 10.5. The quantitative estimate of drug-likeness (QED) is 0.732. The molecule has 1 saturated heterocycles. The highest BCUT2D eigenvalue weighted by atomic mass is 16.5. The lowest BCUT2D eigenvalue weighted by molar-refractivity contribution is -0.0231. The number of aromatic hydroxyl groups is 1. The SMILES string of the molecule is COC(=O)c1ccc(O[C@@H]2C[C@@H]3CN(C(=O)c4ccc(C)cc4O)C[C@@H]3C[C@H]2O)cc1. The van der Waals surface area contributed by atoms with Crippen LogP contribution >= 0.6 is 0 Å². The second-order valence-electron chi connectivity index (χ2n) is 8.46. The number of fused-ring (bicyclic) bond motifs is 1. The average molecular weight is 425 g/mol. The molecule has 0 radical (unpaired) electrons. The van der Waals surface area contributed by atoms with Gasteiger partial charge in [-0.2, -0.15) is 0 Å². The van der Waals surface area contributed by atoms with Crippen LogP contribution in [0.3, 0.4) is 0 Å². The number of benzene rings is 2. The highest BCUT2D eigenvalue weighted by Crippen LogP contribution is 2.39. The number of carbonyl (C=O) groups excluding carboxylic acids is 2. The number of aliphatic hydroxyl groups excluding tert-OH is 1. The Bertz CT molecular complexity index is 973. The number of likely N-dealkylation sites (tertiary alicyclic amines) is 1. The van der Waals surface area contributed by atoms with Gasteiger partial charge in [0.05, 0.1) is 24.3 Å². The minimum absolute atomic E-state index is 0.00322. The Labute approximate surface area is 181 Å². The lowest BCUT2D eigenvalue weighted by Crippen LogP contribution is -2.42. The van der Waals surface area contributed by atoms with Crippen molar-refractivity contribution in [3.8, 4) is 11.5 Å². The molecule has 2 aromatic carbocycles. The number of amides is 1. The van der Waals surface area contributed by atoms with Gasteiger partial charge in [-0.3, -0.25) is 4.79 Å². The van der Waals surface area contributed by atoms with Gasteiger partial charge in [0.1, 0.15) is 17.6 Å². The maximum absolute atomic E-state index is 12.9. The van der Waals surface area contributed by atoms with E-state index in [4.69, 9.17) is 9.47 Å². The van der Waals surface area contributed by atoms with Crippen molar-refractivity contribution in [3.05, 3.63) is 59.2 Å². The first-order valence-corrected chi connectivity index (χ1v) is 10.5. The Balaban J connectivity index is 1.41. The lowest BCUT2D eigenvalue weighted by Gasteiger charge is -2.35. The number of methoxy groups -OCH3 is 1. The van der Waals surface area contributed by atoms with Crippen LogP contribution in [0.5, 0.6) is 11.5 Å². The molecule has 31 heavy (non-hydrogen) atoms. The Morgan fingerprint density at radius 3 is 2.35 bits per heavy atom. The van der Waals surface area contributed by atoms with Crippen LogP contribution in [-0.2, 0) is 4.74 Å². The van der Waals surface area contributed by atoms with Gasteiger partial charge in [-0.05, 0) is 73.6 Å². The Kier molecular flexibility index (Phi) is 5.87. The van der Waals surface area contributed by atoms with E-state index >= 15 is 0 Å². The van der Waals surface area contributed by atoms with Crippen molar-refractivity contribution in [1.82, 2.24) is 4.90 Å². The summed E-state index contributed by atoms with van der Waals surface area (Å²) >= 11 is 0. The van der Waals surface area contributed by atoms with Crippen molar-refractivity contribution < 1.29 is 29.3 Å². The zero-order valence-electron chi connectivity index (χ0n) is 17.7. The molecular formula is C24H27NO6. The summed E-state index contributed by atoms with van der Waals surface area (Å²) < 4.78 is 10.7. The molecule has 4 rings (SSSR count). The topological polar surface area (TPSA) is 96.3 Å². The molecule has 1 heterocycles. The molecule has 7 heteroatoms. The average Bonchev–Trinajstić information content (AvgIpc) is 3.16. The smallest absolute Gasteiger partial charge is 0.337 e. The van der Waals surface area contributed by atoms with Crippen molar-refractivity contribution in [3.63, 3.8) is 0 Å². The summed E-state index contributed by atoms with van der Waals surface area (Å²) in [5.74, 6) is 0.397. The van der Waals surface area contributed by atoms with Crippen molar-refractivity contribution >= 4 is 11.9 Å². The number of ether oxygens (including phenoxy) is 2. The number of aryl methyl sites for hydroxylation is 1. The second kappa shape index (κ2) is 8.59. The van der Waals surface area contributed by atoms with Gasteiger partial charge in [0, 0.05) is 13.1 Å². The highest BCUT2D eigenvalue weighted by Gasteiger charge is 2.44. The summed E-state index contributed by atoms with van der Waals surface area (Å²) in [6, 6.07) is 11.7. The number of esters is 1. The van der Waals surface area contributed by atoms with Crippen molar-refractivity contribution in [2.45, 2.75) is 32.0 Å². The van der Waals surface area contributed by atoms with E-state index in [1.165, 1.54) is 7.11 Å². The first-order chi connectivity index (χ1) is 14.9. The molecule has 1 aliphatic carbocycles. The molecule has 2 aromatic rings. The van der Waals surface area contributed by atoms with Gasteiger partial charge < -0.3 is 24.6 Å². The Morgan fingerprint density at radius 1 is 1.03 bits per heavy atom. The fourth-order valence-corrected chi connectivity index (χ4v) is 4.64. The molecular weight excluding hydrogens is 398 g/mol. The predicted molar refractivity (Wildman–Crippen MR) is 113 cm³/mol. The third-order valence-electron chi connectivity index (χ3n) is 6.32. The standard InChI is InChI=1S/C24H27NO6/c1-14-3-8-19(20(26)9-14)23(28)25-12-16-10-21(27)22(11-17(16)13-25)31-18-6-4-15(5-7-18)24(29)30-2/h3-9,16-17,21-22,26-27H,10-13H2,1-2H3/t16-,17+,21+,22+/m0/s1. The largest absolute Gasteiger partial charge is 0.507 e. The van der Waals surface area contributed by atoms with Gasteiger partial charge in [-0.1, -0.05) is 6.07 Å². The van der Waals surface area contributed by atoms with Crippen molar-refractivity contribution in [2.75, 3.05) is 20.2 Å². The Hall–Kier alpha value is -3.06. The second-order valence-corrected chi connectivity index (χ2v) is 8.46. The van der Waals surface area contributed by atoms with Crippen LogP contribution < -0.4 is 4.74 Å². The number of carbonyl (C=O) groups is 2. The number of rotatable bonds is 4. The number of aliphatic hydroxyl groups is 1. The van der Waals surface area contributed by atoms with Crippen LogP contribution in [0.25, 0.3) is 0 Å². The fourth-order valence-electron chi connectivity index (χ4n) is 4.64. The monoisotopic (exact) mass is 425 g/mol. The third kappa shape index (κ3) is 4.37. The molecule has 2 aliphatic rings. The highest BCUT2D eigenvalue weighted by molar-refractivity contribution is 5.97. The summed E-state index contributed by atoms with van der Waals surface area (Å²) in [5, 5.41) is 20.8. The van der Waals surface area contributed by atoms with Gasteiger partial charge in [0.25, 0.3) is 5.91 Å². The van der Waals surface area contributed by atoms with Crippen molar-refractivity contribution in [1.29, 1.82) is 0 Å². The predicted octanol–water partition coefficient (Wildman–Crippen LogP) is 2.78. The zero-order chi connectivity index (χ0) is 22.1. The molecule has 2 N–H and O–H groups in total. The summed E-state index contributed by atoms with van der Waals surface area (Å²) in [7, 11) is 1.33. The van der Waals surface area contributed by atoms with Crippen LogP contribution in [-0.4, -0.2) is 59.4 Å². The van der Waals surface area contributed by atoms with Crippen LogP contribution in [0.2, 0.25) is 0 Å². The minimum Gasteiger partial charge on any atom is -0.507 e. The van der Waals surface area contributed by atoms with E-state index in [1.807, 2.05) is 13.0 Å². The summed E-state index contributed by atoms with van der Waals surface area (Å²) in [4.78, 5) is 26.3. The number of hydrogen-bond acceptors (Lipinski definition) is 6. The van der Waals surface area contributed by atoms with Crippen LogP contribution in [0.4, 0.5) is 0 Å². The van der Waals surface area contributed by atoms with Gasteiger partial charge in [0.2, 0.25) is 0 Å². The zero-order valence-corrected chi connectivity index (χ0v) is 17.7. The number of hydrogen-bond donors (Lipinski definition) is 2. The van der Waals surface area contributed by atoms with Gasteiger partial charge in [-0.15, -0.1) is 0 Å². The molecule has 2 fully saturated rings. The van der Waals surface area contributed by atoms with E-state index in [-0.39, 0.29) is 29.6 Å². The molecule has 1 saturated carbocycles. The van der Waals surface area contributed by atoms with E-state index in [0.29, 0.717) is 42.8 Å². The van der Waals surface area contributed by atoms with E-state index in [1.54, 1.807) is 41.3 Å². The van der Waals surface area contributed by atoms with Gasteiger partial charge in [0.15, 0.2) is 0 Å². The van der Waals surface area contributed by atoms with Crippen molar-refractivity contribution in [2.24, 2.45) is 11.8 Å². The van der Waals surface area contributed by atoms with Gasteiger partial charge >= 0.3 is 5.97 Å². The van der Waals surface area contributed by atoms with E-state index in [0.717, 1.165) is 5.56 Å². The summed E-state index contributed by atoms with van der Waals surface area (Å²) in [6.45, 7) is 3.00. The molecule has 7 nitrogen and oxygen atoms in total. The van der Waals surface area contributed by atoms with E-state index in [9.17, 15) is 19.8 Å². The maximum atomic E-state index is 12.9. The lowest BCUT2D eigenvalue weighted by atomic mass is 9.78. The third-order valence-corrected chi connectivity index (χ3v) is 6.32. The molecule has 0 unspecified atom stereocenters. The molecule has 1 amide bonds. The summed E-state index contributed by atoms with van der Waals surface area (Å²) in [6.07, 6.45) is 0.172. The molecule has 4 atom stereocenters. The van der Waals surface area contributed by atoms with E-state index in [2.05, 4.69) is 0 Å². The molecule has 1 aliphatic heterocycles. The maximum Gasteiger partial charge on any atom is 0.337 e. The normalized spacial score (nSPS) is 25.1. The Morgan fingerprint density at radius 2 is 1.71 bits per heavy atom. The van der Waals surface area contributed by atoms with Crippen LogP contribution in [0.15, 0.2) is 42.5 Å². The number of phenolic OH excluding ortho intramolecular Hbond substituents is 1. The molecule has 164 valence electrons. The first kappa shape index (κ1) is 21.2. The van der Waals surface area contributed by atoms with E-state index < -0.39 is 12.1 Å². The fraction of sp³-hybridized carbons (Fsp3) is 0.417. The van der Waals surface area contributed by atoms with Crippen LogP contribution in [0.1, 0.15) is 39.1 Å². The van der Waals surface area contributed by atoms with Gasteiger partial charge in [-0.25, -0.2) is 4.79 Å². The number of nitrogens with zero attached hydrogens (tertiary/aromatic N) is 1. The molecule has 0 bridgehead atoms. The molecule has 0 spiro atoms.